The summed E-state index contributed by atoms with van der Waals surface area (Å²) < 4.78 is 0. The molecule has 0 unspecified atom stereocenters. The number of likely N-dealkylation sites (tertiary alicyclic amines) is 3. The molecule has 0 aromatic heterocycles. The van der Waals surface area contributed by atoms with Crippen LogP contribution < -0.4 is 0 Å². The zero-order valence-corrected chi connectivity index (χ0v) is 14.3. The minimum absolute atomic E-state index is 0. The lowest BCUT2D eigenvalue weighted by molar-refractivity contribution is 0.120. The largest absolute Gasteiger partial charge is 0.300 e. The Kier molecular flexibility index (Phi) is 4.52. The van der Waals surface area contributed by atoms with Crippen molar-refractivity contribution in [3.63, 3.8) is 0 Å². The van der Waals surface area contributed by atoms with Gasteiger partial charge in [0.25, 0.3) is 0 Å². The fraction of sp³-hybridized carbons (Fsp3) is 1.00. The first-order valence-corrected chi connectivity index (χ1v) is 8.51. The fourth-order valence-electron chi connectivity index (χ4n) is 4.90. The smallest absolute Gasteiger partial charge is 0.0178 e. The number of nitrogens with zero attached hydrogens (tertiary/aromatic N) is 3. The van der Waals surface area contributed by atoms with Crippen molar-refractivity contribution in [1.82, 2.24) is 14.7 Å². The van der Waals surface area contributed by atoms with Crippen molar-refractivity contribution in [3.8, 4) is 0 Å². The third-order valence-electron chi connectivity index (χ3n) is 6.35. The lowest BCUT2D eigenvalue weighted by Gasteiger charge is -2.34. The molecule has 0 aliphatic carbocycles. The van der Waals surface area contributed by atoms with Crippen LogP contribution >= 0.6 is 0 Å². The first kappa shape index (κ1) is 17.2. The molecule has 21 heavy (non-hydrogen) atoms. The van der Waals surface area contributed by atoms with Crippen LogP contribution in [-0.2, 0) is 0 Å². The molecule has 3 saturated heterocycles. The third-order valence-corrected chi connectivity index (χ3v) is 6.35. The van der Waals surface area contributed by atoms with E-state index < -0.39 is 0 Å². The molecule has 3 aliphatic heterocycles. The molecule has 0 aromatic carbocycles. The Balaban J connectivity index is 0.00000161. The van der Waals surface area contributed by atoms with Crippen LogP contribution in [0.15, 0.2) is 0 Å². The minimum atomic E-state index is 0. The summed E-state index contributed by atoms with van der Waals surface area (Å²) in [5, 5.41) is 0. The Bertz CT molecular complexity index is 298. The fourth-order valence-corrected chi connectivity index (χ4v) is 4.90. The van der Waals surface area contributed by atoms with Gasteiger partial charge in [-0.2, -0.15) is 0 Å². The summed E-state index contributed by atoms with van der Waals surface area (Å²) in [5.74, 6) is 0. The van der Waals surface area contributed by atoms with E-state index in [1.807, 2.05) is 0 Å². The summed E-state index contributed by atoms with van der Waals surface area (Å²) >= 11 is 0. The van der Waals surface area contributed by atoms with E-state index in [0.29, 0.717) is 29.0 Å². The standard InChI is InChI=1S/C17H33N3.CH4/c1-13(2)18-7-16-9-19(14(3)4)10-17(16,8-18)12-20(11-16)15(5)6;/h13-15H,7-12H2,1-6H3;1H4. The third kappa shape index (κ3) is 2.46. The summed E-state index contributed by atoms with van der Waals surface area (Å²) in [7, 11) is 0. The molecule has 0 aromatic rings. The van der Waals surface area contributed by atoms with Crippen LogP contribution in [0.5, 0.6) is 0 Å². The molecule has 124 valence electrons. The van der Waals surface area contributed by atoms with Crippen molar-refractivity contribution in [3.05, 3.63) is 0 Å². The molecule has 0 amide bonds. The van der Waals surface area contributed by atoms with Gasteiger partial charge in [-0.05, 0) is 41.5 Å². The van der Waals surface area contributed by atoms with E-state index in [0.717, 1.165) is 0 Å². The predicted molar refractivity (Wildman–Crippen MR) is 91.7 cm³/mol. The monoisotopic (exact) mass is 295 g/mol. The summed E-state index contributed by atoms with van der Waals surface area (Å²) in [6, 6.07) is 2.10. The van der Waals surface area contributed by atoms with Gasteiger partial charge >= 0.3 is 0 Å². The normalized spacial score (nSPS) is 37.6. The van der Waals surface area contributed by atoms with Crippen LogP contribution in [0.1, 0.15) is 49.0 Å². The summed E-state index contributed by atoms with van der Waals surface area (Å²) in [6.07, 6.45) is 0. The van der Waals surface area contributed by atoms with E-state index in [9.17, 15) is 0 Å². The van der Waals surface area contributed by atoms with Crippen LogP contribution in [0, 0.1) is 10.8 Å². The molecule has 0 radical (unpaired) electrons. The highest BCUT2D eigenvalue weighted by molar-refractivity contribution is 5.20. The van der Waals surface area contributed by atoms with Crippen LogP contribution in [-0.4, -0.2) is 72.1 Å². The van der Waals surface area contributed by atoms with Crippen LogP contribution in [0.2, 0.25) is 0 Å². The molecule has 3 nitrogen and oxygen atoms in total. The summed E-state index contributed by atoms with van der Waals surface area (Å²) in [6.45, 7) is 22.1. The minimum Gasteiger partial charge on any atom is -0.300 e. The second kappa shape index (κ2) is 5.50. The van der Waals surface area contributed by atoms with Crippen molar-refractivity contribution >= 4 is 0 Å². The molecule has 3 heteroatoms. The molecule has 0 spiro atoms. The van der Waals surface area contributed by atoms with Gasteiger partial charge in [0.1, 0.15) is 0 Å². The van der Waals surface area contributed by atoms with Crippen molar-refractivity contribution in [2.75, 3.05) is 39.3 Å². The lowest BCUT2D eigenvalue weighted by Crippen LogP contribution is -2.45. The summed E-state index contributed by atoms with van der Waals surface area (Å²) in [5.41, 5.74) is 1.07. The number of hydrogen-bond acceptors (Lipinski definition) is 3. The maximum atomic E-state index is 2.75. The zero-order chi connectivity index (χ0) is 14.7. The first-order chi connectivity index (χ1) is 9.28. The second-order valence-electron chi connectivity index (χ2n) is 8.56. The van der Waals surface area contributed by atoms with E-state index >= 15 is 0 Å². The van der Waals surface area contributed by atoms with E-state index in [2.05, 4.69) is 56.2 Å². The molecule has 3 aliphatic rings. The highest BCUT2D eigenvalue weighted by Crippen LogP contribution is 2.57. The SMILES string of the molecule is C.CC(C)N1CC23CN(C(C)C)CC2(C1)CN(C(C)C)C3. The first-order valence-electron chi connectivity index (χ1n) is 8.51. The Morgan fingerprint density at radius 3 is 0.857 bits per heavy atom. The Morgan fingerprint density at radius 2 is 0.714 bits per heavy atom. The van der Waals surface area contributed by atoms with Gasteiger partial charge < -0.3 is 0 Å². The van der Waals surface area contributed by atoms with Gasteiger partial charge in [0.05, 0.1) is 0 Å². The highest BCUT2D eigenvalue weighted by atomic mass is 15.4. The van der Waals surface area contributed by atoms with Gasteiger partial charge in [0, 0.05) is 68.2 Å². The van der Waals surface area contributed by atoms with Crippen molar-refractivity contribution in [1.29, 1.82) is 0 Å². The van der Waals surface area contributed by atoms with Gasteiger partial charge in [-0.3, -0.25) is 14.7 Å². The molecule has 0 N–H and O–H groups in total. The summed E-state index contributed by atoms with van der Waals surface area (Å²) in [4.78, 5) is 8.24. The molecule has 3 rings (SSSR count). The van der Waals surface area contributed by atoms with Crippen LogP contribution in [0.25, 0.3) is 0 Å². The van der Waals surface area contributed by atoms with E-state index in [1.54, 1.807) is 0 Å². The Morgan fingerprint density at radius 1 is 0.524 bits per heavy atom. The molecular formula is C18H37N3. The van der Waals surface area contributed by atoms with E-state index in [-0.39, 0.29) is 7.43 Å². The van der Waals surface area contributed by atoms with Crippen molar-refractivity contribution in [2.24, 2.45) is 10.8 Å². The van der Waals surface area contributed by atoms with Gasteiger partial charge in [-0.25, -0.2) is 0 Å². The van der Waals surface area contributed by atoms with Gasteiger partial charge in [-0.1, -0.05) is 7.43 Å². The Hall–Kier alpha value is -0.120. The highest BCUT2D eigenvalue weighted by Gasteiger charge is 2.67. The number of rotatable bonds is 3. The number of hydrogen-bond donors (Lipinski definition) is 0. The molecule has 0 bridgehead atoms. The predicted octanol–water partition coefficient (Wildman–Crippen LogP) is 2.77. The lowest BCUT2D eigenvalue weighted by atomic mass is 9.71. The molecular weight excluding hydrogens is 258 g/mol. The van der Waals surface area contributed by atoms with Crippen LogP contribution in [0.3, 0.4) is 0 Å². The van der Waals surface area contributed by atoms with Gasteiger partial charge in [0.15, 0.2) is 0 Å². The maximum Gasteiger partial charge on any atom is 0.0178 e. The van der Waals surface area contributed by atoms with E-state index in [4.69, 9.17) is 0 Å². The topological polar surface area (TPSA) is 9.72 Å². The van der Waals surface area contributed by atoms with Crippen LogP contribution in [0.4, 0.5) is 0 Å². The van der Waals surface area contributed by atoms with Crippen molar-refractivity contribution in [2.45, 2.75) is 67.1 Å². The average molecular weight is 296 g/mol. The van der Waals surface area contributed by atoms with E-state index in [1.165, 1.54) is 39.3 Å². The van der Waals surface area contributed by atoms with Crippen molar-refractivity contribution < 1.29 is 0 Å². The molecule has 3 heterocycles. The zero-order valence-electron chi connectivity index (χ0n) is 14.3. The second-order valence-corrected chi connectivity index (χ2v) is 8.56. The van der Waals surface area contributed by atoms with Gasteiger partial charge in [0.2, 0.25) is 0 Å². The quantitative estimate of drug-likeness (QED) is 0.793. The molecule has 3 fully saturated rings. The Labute approximate surface area is 132 Å². The maximum absolute atomic E-state index is 2.75. The van der Waals surface area contributed by atoms with Gasteiger partial charge in [-0.15, -0.1) is 0 Å². The molecule has 0 saturated carbocycles. The average Bonchev–Trinajstić information content (AvgIpc) is 2.83. The molecule has 0 atom stereocenters.